The number of nitrogens with zero attached hydrogens (tertiary/aromatic N) is 5. The first-order valence-electron chi connectivity index (χ1n) is 9.59. The molecule has 0 radical (unpaired) electrons. The quantitative estimate of drug-likeness (QED) is 0.657. The van der Waals surface area contributed by atoms with Crippen LogP contribution in [0.2, 0.25) is 0 Å². The van der Waals surface area contributed by atoms with Crippen molar-refractivity contribution in [3.05, 3.63) is 59.9 Å². The van der Waals surface area contributed by atoms with Crippen LogP contribution in [0.4, 0.5) is 19.0 Å². The van der Waals surface area contributed by atoms with Crippen molar-refractivity contribution in [1.82, 2.24) is 19.9 Å². The number of halogens is 3. The average molecular weight is 401 g/mol. The number of benzene rings is 1. The molecule has 0 saturated carbocycles. The van der Waals surface area contributed by atoms with Gasteiger partial charge in [0.2, 0.25) is 0 Å². The maximum absolute atomic E-state index is 12.9. The number of rotatable bonds is 4. The third-order valence-electron chi connectivity index (χ3n) is 5.42. The van der Waals surface area contributed by atoms with Crippen molar-refractivity contribution in [2.75, 3.05) is 25.0 Å². The molecule has 8 heteroatoms. The highest BCUT2D eigenvalue weighted by Gasteiger charge is 2.30. The molecule has 0 atom stereocenters. The van der Waals surface area contributed by atoms with Gasteiger partial charge in [0.1, 0.15) is 11.3 Å². The van der Waals surface area contributed by atoms with Crippen molar-refractivity contribution in [3.8, 4) is 0 Å². The van der Waals surface area contributed by atoms with Crippen LogP contribution in [0.1, 0.15) is 24.0 Å². The van der Waals surface area contributed by atoms with Crippen LogP contribution in [0.5, 0.6) is 0 Å². The van der Waals surface area contributed by atoms with E-state index in [9.17, 15) is 13.2 Å². The lowest BCUT2D eigenvalue weighted by atomic mass is 10.0. The molecule has 3 aromatic rings. The van der Waals surface area contributed by atoms with Crippen LogP contribution >= 0.6 is 0 Å². The van der Waals surface area contributed by atoms with Gasteiger partial charge in [-0.1, -0.05) is 18.2 Å². The molecular formula is C21H22F3N5. The fourth-order valence-corrected chi connectivity index (χ4v) is 3.82. The van der Waals surface area contributed by atoms with Crippen LogP contribution in [-0.2, 0) is 12.7 Å². The van der Waals surface area contributed by atoms with Gasteiger partial charge in [0.05, 0.1) is 5.56 Å². The molecule has 152 valence electrons. The molecule has 5 nitrogen and oxygen atoms in total. The molecule has 0 spiro atoms. The van der Waals surface area contributed by atoms with Gasteiger partial charge >= 0.3 is 6.18 Å². The van der Waals surface area contributed by atoms with Crippen LogP contribution < -0.4 is 4.90 Å². The number of hydrogen-bond acceptors (Lipinski definition) is 5. The summed E-state index contributed by atoms with van der Waals surface area (Å²) in [5, 5.41) is 0. The fraction of sp³-hybridized carbons (Fsp3) is 0.381. The molecule has 3 heterocycles. The number of pyridine rings is 1. The molecule has 1 saturated heterocycles. The Kier molecular flexibility index (Phi) is 5.36. The van der Waals surface area contributed by atoms with Crippen LogP contribution in [0.25, 0.3) is 11.2 Å². The molecule has 0 bridgehead atoms. The zero-order valence-corrected chi connectivity index (χ0v) is 16.1. The van der Waals surface area contributed by atoms with Gasteiger partial charge in [0.15, 0.2) is 5.65 Å². The van der Waals surface area contributed by atoms with E-state index in [-0.39, 0.29) is 0 Å². The van der Waals surface area contributed by atoms with Gasteiger partial charge in [0, 0.05) is 38.1 Å². The monoisotopic (exact) mass is 401 g/mol. The molecule has 4 rings (SSSR count). The minimum absolute atomic E-state index is 0.320. The Morgan fingerprint density at radius 1 is 1.07 bits per heavy atom. The Hall–Kier alpha value is -2.74. The van der Waals surface area contributed by atoms with Gasteiger partial charge in [-0.3, -0.25) is 9.88 Å². The van der Waals surface area contributed by atoms with Crippen molar-refractivity contribution in [3.63, 3.8) is 0 Å². The van der Waals surface area contributed by atoms with Crippen molar-refractivity contribution in [2.24, 2.45) is 0 Å². The van der Waals surface area contributed by atoms with Crippen molar-refractivity contribution in [1.29, 1.82) is 0 Å². The lowest BCUT2D eigenvalue weighted by molar-refractivity contribution is -0.137. The summed E-state index contributed by atoms with van der Waals surface area (Å²) in [6, 6.07) is 9.79. The smallest absolute Gasteiger partial charge is 0.356 e. The fourth-order valence-electron chi connectivity index (χ4n) is 3.82. The second-order valence-corrected chi connectivity index (χ2v) is 7.40. The third-order valence-corrected chi connectivity index (χ3v) is 5.42. The standard InChI is InChI=1S/C21H22F3N5/c1-28(14-15-3-2-4-16(13-15)21(22,23)24)17-7-11-29(12-8-17)19-6-5-18-20(27-19)26-10-9-25-18/h2-6,9-10,13,17H,7-8,11-12,14H2,1H3. The largest absolute Gasteiger partial charge is 0.416 e. The van der Waals surface area contributed by atoms with Gasteiger partial charge in [0.25, 0.3) is 0 Å². The summed E-state index contributed by atoms with van der Waals surface area (Å²) in [6.07, 6.45) is 0.825. The number of anilines is 1. The normalized spacial score (nSPS) is 16.0. The van der Waals surface area contributed by atoms with E-state index in [1.54, 1.807) is 18.5 Å². The first-order valence-corrected chi connectivity index (χ1v) is 9.59. The van der Waals surface area contributed by atoms with Crippen LogP contribution in [0.15, 0.2) is 48.8 Å². The minimum Gasteiger partial charge on any atom is -0.356 e. The van der Waals surface area contributed by atoms with Crippen LogP contribution in [0.3, 0.4) is 0 Å². The molecule has 1 aliphatic rings. The van der Waals surface area contributed by atoms with Gasteiger partial charge in [-0.15, -0.1) is 0 Å². The van der Waals surface area contributed by atoms with Crippen LogP contribution in [0, 0.1) is 0 Å². The first kappa shape index (κ1) is 19.6. The molecule has 1 fully saturated rings. The molecule has 0 amide bonds. The third kappa shape index (κ3) is 4.48. The zero-order valence-electron chi connectivity index (χ0n) is 16.1. The average Bonchev–Trinajstić information content (AvgIpc) is 2.73. The van der Waals surface area contributed by atoms with E-state index in [0.29, 0.717) is 23.8 Å². The highest BCUT2D eigenvalue weighted by Crippen LogP contribution is 2.30. The number of hydrogen-bond donors (Lipinski definition) is 0. The summed E-state index contributed by atoms with van der Waals surface area (Å²) >= 11 is 0. The predicted molar refractivity (Wildman–Crippen MR) is 105 cm³/mol. The van der Waals surface area contributed by atoms with E-state index in [4.69, 9.17) is 0 Å². The first-order chi connectivity index (χ1) is 13.9. The zero-order chi connectivity index (χ0) is 20.4. The van der Waals surface area contributed by atoms with Gasteiger partial charge in [-0.2, -0.15) is 13.2 Å². The highest BCUT2D eigenvalue weighted by atomic mass is 19.4. The topological polar surface area (TPSA) is 45.2 Å². The Balaban J connectivity index is 1.37. The van der Waals surface area contributed by atoms with E-state index < -0.39 is 11.7 Å². The summed E-state index contributed by atoms with van der Waals surface area (Å²) in [5.41, 5.74) is 1.49. The molecule has 1 aliphatic heterocycles. The molecule has 0 unspecified atom stereocenters. The second-order valence-electron chi connectivity index (χ2n) is 7.40. The molecule has 2 aromatic heterocycles. The van der Waals surface area contributed by atoms with Crippen molar-refractivity contribution in [2.45, 2.75) is 31.6 Å². The molecule has 29 heavy (non-hydrogen) atoms. The highest BCUT2D eigenvalue weighted by molar-refractivity contribution is 5.71. The molecule has 0 N–H and O–H groups in total. The van der Waals surface area contributed by atoms with E-state index in [2.05, 4.69) is 24.8 Å². The second kappa shape index (κ2) is 7.94. The molecular weight excluding hydrogens is 379 g/mol. The molecule has 0 aliphatic carbocycles. The maximum atomic E-state index is 12.9. The SMILES string of the molecule is CN(Cc1cccc(C(F)(F)F)c1)C1CCN(c2ccc3nccnc3n2)CC1. The lowest BCUT2D eigenvalue weighted by Crippen LogP contribution is -2.43. The summed E-state index contributed by atoms with van der Waals surface area (Å²) in [7, 11) is 1.98. The van der Waals surface area contributed by atoms with Crippen LogP contribution in [-0.4, -0.2) is 46.0 Å². The van der Waals surface area contributed by atoms with Gasteiger partial charge in [-0.25, -0.2) is 9.97 Å². The predicted octanol–water partition coefficient (Wildman–Crippen LogP) is 4.14. The summed E-state index contributed by atoms with van der Waals surface area (Å²) in [4.78, 5) is 17.5. The summed E-state index contributed by atoms with van der Waals surface area (Å²) in [5.74, 6) is 0.886. The van der Waals surface area contributed by atoms with Crippen molar-refractivity contribution >= 4 is 17.0 Å². The Morgan fingerprint density at radius 3 is 2.59 bits per heavy atom. The Bertz CT molecular complexity index is 983. The van der Waals surface area contributed by atoms with Gasteiger partial charge < -0.3 is 4.90 Å². The van der Waals surface area contributed by atoms with E-state index in [0.717, 1.165) is 43.3 Å². The number of alkyl halides is 3. The van der Waals surface area contributed by atoms with E-state index in [1.165, 1.54) is 12.1 Å². The summed E-state index contributed by atoms with van der Waals surface area (Å²) in [6.45, 7) is 2.19. The minimum atomic E-state index is -4.31. The Labute approximate surface area is 167 Å². The maximum Gasteiger partial charge on any atom is 0.416 e. The van der Waals surface area contributed by atoms with E-state index >= 15 is 0 Å². The summed E-state index contributed by atoms with van der Waals surface area (Å²) < 4.78 is 38.8. The van der Waals surface area contributed by atoms with E-state index in [1.807, 2.05) is 19.2 Å². The number of fused-ring (bicyclic) bond motifs is 1. The molecule has 1 aromatic carbocycles. The Morgan fingerprint density at radius 2 is 1.83 bits per heavy atom. The lowest BCUT2D eigenvalue weighted by Gasteiger charge is -2.37. The van der Waals surface area contributed by atoms with Gasteiger partial charge in [-0.05, 0) is 43.7 Å². The number of piperidine rings is 1. The number of aromatic nitrogens is 3. The van der Waals surface area contributed by atoms with Crippen molar-refractivity contribution < 1.29 is 13.2 Å².